The second-order valence-electron chi connectivity index (χ2n) is 15.2. The van der Waals surface area contributed by atoms with E-state index < -0.39 is 0 Å². The Morgan fingerprint density at radius 2 is 0.500 bits per heavy atom. The van der Waals surface area contributed by atoms with Gasteiger partial charge in [-0.15, -0.1) is 0 Å². The molecule has 0 saturated heterocycles. The largest absolute Gasteiger partial charge is 0.0620 e. The van der Waals surface area contributed by atoms with Crippen LogP contribution in [0.4, 0.5) is 0 Å². The van der Waals surface area contributed by atoms with Crippen molar-refractivity contribution in [1.29, 1.82) is 0 Å². The second kappa shape index (κ2) is 12.8. The van der Waals surface area contributed by atoms with Crippen molar-refractivity contribution in [2.75, 3.05) is 0 Å². The first-order valence-corrected chi connectivity index (χ1v) is 19.6. The highest BCUT2D eigenvalue weighted by Gasteiger charge is 2.20. The minimum Gasteiger partial charge on any atom is -0.0620 e. The Bertz CT molecular complexity index is 3040. The summed E-state index contributed by atoms with van der Waals surface area (Å²) in [5.41, 5.74) is 12.8. The van der Waals surface area contributed by atoms with Gasteiger partial charge in [-0.25, -0.2) is 0 Å². The zero-order chi connectivity index (χ0) is 37.3. The molecule has 56 heavy (non-hydrogen) atoms. The average molecular weight is 711 g/mol. The molecule has 0 heteroatoms. The summed E-state index contributed by atoms with van der Waals surface area (Å²) in [6.07, 6.45) is 0. The van der Waals surface area contributed by atoms with Gasteiger partial charge in [0.2, 0.25) is 0 Å². The maximum Gasteiger partial charge on any atom is -0.00237 e. The van der Waals surface area contributed by atoms with Gasteiger partial charge in [0.25, 0.3) is 0 Å². The van der Waals surface area contributed by atoms with Crippen molar-refractivity contribution in [3.63, 3.8) is 0 Å². The van der Waals surface area contributed by atoms with Crippen LogP contribution < -0.4 is 0 Å². The fraction of sp³-hybridized carbons (Fsp3) is 0.0357. The minimum absolute atomic E-state index is 1.23. The summed E-state index contributed by atoms with van der Waals surface area (Å²) in [5.74, 6) is 0. The molecule has 0 saturated carbocycles. The predicted molar refractivity (Wildman–Crippen MR) is 243 cm³/mol. The average Bonchev–Trinajstić information content (AvgIpc) is 3.25. The molecule has 0 bridgehead atoms. The van der Waals surface area contributed by atoms with Gasteiger partial charge in [-0.2, -0.15) is 0 Å². The number of benzene rings is 11. The molecule has 0 aromatic heterocycles. The summed E-state index contributed by atoms with van der Waals surface area (Å²) in [5, 5.41) is 15.2. The van der Waals surface area contributed by atoms with Crippen LogP contribution in [0.2, 0.25) is 0 Å². The molecule has 0 aliphatic carbocycles. The summed E-state index contributed by atoms with van der Waals surface area (Å²) in [6.45, 7) is 4.44. The van der Waals surface area contributed by atoms with Crippen molar-refractivity contribution in [2.45, 2.75) is 13.8 Å². The molecule has 0 heterocycles. The topological polar surface area (TPSA) is 0 Å². The van der Waals surface area contributed by atoms with Gasteiger partial charge in [-0.05, 0) is 146 Å². The van der Waals surface area contributed by atoms with E-state index in [0.29, 0.717) is 0 Å². The third kappa shape index (κ3) is 4.93. The lowest BCUT2D eigenvalue weighted by atomic mass is 9.84. The van der Waals surface area contributed by atoms with E-state index in [9.17, 15) is 0 Å². The first kappa shape index (κ1) is 32.4. The van der Waals surface area contributed by atoms with E-state index in [-0.39, 0.29) is 0 Å². The third-order valence-electron chi connectivity index (χ3n) is 12.1. The summed E-state index contributed by atoms with van der Waals surface area (Å²) in [7, 11) is 0. The van der Waals surface area contributed by atoms with Crippen LogP contribution in [0.5, 0.6) is 0 Å². The SMILES string of the molecule is Cc1ccccc1-c1c2ccccc2c(-c2ccc3ccc4ccc(-c5c6ccccc6c(-c6ccccc6C)c6ccccc56)cc4c3c2)c2ccccc12. The first-order chi connectivity index (χ1) is 27.6. The predicted octanol–water partition coefficient (Wildman–Crippen LogP) is 15.9. The fourth-order valence-electron chi connectivity index (χ4n) is 9.53. The minimum atomic E-state index is 1.23. The molecule has 0 fully saturated rings. The molecule has 11 aromatic rings. The van der Waals surface area contributed by atoms with Crippen molar-refractivity contribution in [3.8, 4) is 44.5 Å². The number of hydrogen-bond acceptors (Lipinski definition) is 0. The van der Waals surface area contributed by atoms with E-state index in [1.807, 2.05) is 0 Å². The van der Waals surface area contributed by atoms with E-state index in [1.54, 1.807) is 0 Å². The van der Waals surface area contributed by atoms with Gasteiger partial charge in [0.1, 0.15) is 0 Å². The van der Waals surface area contributed by atoms with Crippen LogP contribution in [0, 0.1) is 13.8 Å². The molecule has 0 N–H and O–H groups in total. The van der Waals surface area contributed by atoms with Crippen LogP contribution in [0.3, 0.4) is 0 Å². The highest BCUT2D eigenvalue weighted by Crippen LogP contribution is 2.47. The van der Waals surface area contributed by atoms with E-state index >= 15 is 0 Å². The van der Waals surface area contributed by atoms with Crippen LogP contribution in [-0.2, 0) is 0 Å². The Hall–Kier alpha value is -7.02. The lowest BCUT2D eigenvalue weighted by Crippen LogP contribution is -1.93. The Kier molecular flexibility index (Phi) is 7.41. The Morgan fingerprint density at radius 3 is 0.821 bits per heavy atom. The summed E-state index contributed by atoms with van der Waals surface area (Å²) < 4.78 is 0. The smallest absolute Gasteiger partial charge is 0.00237 e. The van der Waals surface area contributed by atoms with Crippen LogP contribution >= 0.6 is 0 Å². The molecule has 0 unspecified atom stereocenters. The second-order valence-corrected chi connectivity index (χ2v) is 15.2. The maximum atomic E-state index is 2.45. The highest BCUT2D eigenvalue weighted by atomic mass is 14.2. The Morgan fingerprint density at radius 1 is 0.232 bits per heavy atom. The van der Waals surface area contributed by atoms with Gasteiger partial charge in [-0.3, -0.25) is 0 Å². The summed E-state index contributed by atoms with van der Waals surface area (Å²) in [4.78, 5) is 0. The molecule has 0 spiro atoms. The molecule has 0 aliphatic heterocycles. The van der Waals surface area contributed by atoms with Gasteiger partial charge >= 0.3 is 0 Å². The molecule has 0 nitrogen and oxygen atoms in total. The van der Waals surface area contributed by atoms with E-state index in [1.165, 1.54) is 120 Å². The Balaban J connectivity index is 1.18. The van der Waals surface area contributed by atoms with E-state index in [4.69, 9.17) is 0 Å². The molecule has 0 aliphatic rings. The van der Waals surface area contributed by atoms with Crippen molar-refractivity contribution in [1.82, 2.24) is 0 Å². The third-order valence-corrected chi connectivity index (χ3v) is 12.1. The quantitative estimate of drug-likeness (QED) is 0.126. The number of fused-ring (bicyclic) bond motifs is 7. The van der Waals surface area contributed by atoms with Crippen LogP contribution in [0.1, 0.15) is 11.1 Å². The lowest BCUT2D eigenvalue weighted by Gasteiger charge is -2.20. The van der Waals surface area contributed by atoms with Crippen molar-refractivity contribution in [3.05, 3.63) is 205 Å². The number of aryl methyl sites for hydroxylation is 2. The molecular formula is C56H38. The monoisotopic (exact) mass is 710 g/mol. The summed E-state index contributed by atoms with van der Waals surface area (Å²) in [6, 6.07) is 72.2. The molecule has 11 aromatic carbocycles. The lowest BCUT2D eigenvalue weighted by molar-refractivity contribution is 1.47. The summed E-state index contributed by atoms with van der Waals surface area (Å²) >= 11 is 0. The Labute approximate surface area is 326 Å². The zero-order valence-corrected chi connectivity index (χ0v) is 31.5. The van der Waals surface area contributed by atoms with Gasteiger partial charge < -0.3 is 0 Å². The molecule has 262 valence electrons. The highest BCUT2D eigenvalue weighted by molar-refractivity contribution is 6.24. The number of hydrogen-bond donors (Lipinski definition) is 0. The van der Waals surface area contributed by atoms with E-state index in [2.05, 4.69) is 208 Å². The van der Waals surface area contributed by atoms with Crippen LogP contribution in [-0.4, -0.2) is 0 Å². The van der Waals surface area contributed by atoms with Crippen molar-refractivity contribution < 1.29 is 0 Å². The van der Waals surface area contributed by atoms with Crippen LogP contribution in [0.15, 0.2) is 194 Å². The molecule has 0 amide bonds. The fourth-order valence-corrected chi connectivity index (χ4v) is 9.53. The normalized spacial score (nSPS) is 11.8. The number of rotatable bonds is 4. The molecule has 0 radical (unpaired) electrons. The molecular weight excluding hydrogens is 673 g/mol. The van der Waals surface area contributed by atoms with Crippen molar-refractivity contribution >= 4 is 64.6 Å². The van der Waals surface area contributed by atoms with Gasteiger partial charge in [0, 0.05) is 0 Å². The standard InChI is InChI=1S/C56H38/c1-35-15-3-5-17-41(35)55-47-23-11-7-19-43(47)53(44-20-8-12-24-48(44)55)39-31-29-37-27-28-38-30-32-40(34-52(38)51(37)33-39)54-45-21-9-13-25-49(45)56(42-18-6-4-16-36(42)2)50-26-14-10-22-46(50)54/h3-34H,1-2H3. The zero-order valence-electron chi connectivity index (χ0n) is 31.5. The first-order valence-electron chi connectivity index (χ1n) is 19.6. The maximum absolute atomic E-state index is 2.45. The van der Waals surface area contributed by atoms with Crippen LogP contribution in [0.25, 0.3) is 109 Å². The van der Waals surface area contributed by atoms with Crippen molar-refractivity contribution in [2.24, 2.45) is 0 Å². The molecule has 0 atom stereocenters. The van der Waals surface area contributed by atoms with E-state index in [0.717, 1.165) is 0 Å². The molecule has 11 rings (SSSR count). The van der Waals surface area contributed by atoms with Gasteiger partial charge in [0.15, 0.2) is 0 Å². The van der Waals surface area contributed by atoms with Gasteiger partial charge in [-0.1, -0.05) is 182 Å². The van der Waals surface area contributed by atoms with Gasteiger partial charge in [0.05, 0.1) is 0 Å².